The lowest BCUT2D eigenvalue weighted by Gasteiger charge is -2.06. The van der Waals surface area contributed by atoms with Crippen LogP contribution in [0.25, 0.3) is 11.3 Å². The summed E-state index contributed by atoms with van der Waals surface area (Å²) in [5, 5.41) is 14.9. The fourth-order valence-electron chi connectivity index (χ4n) is 2.84. The Labute approximate surface area is 155 Å². The van der Waals surface area contributed by atoms with E-state index in [4.69, 9.17) is 0 Å². The number of H-pyrrole nitrogens is 1. The summed E-state index contributed by atoms with van der Waals surface area (Å²) >= 11 is 0. The smallest absolute Gasteiger partial charge is 0.269 e. The molecule has 0 aliphatic heterocycles. The zero-order chi connectivity index (χ0) is 19.8. The van der Waals surface area contributed by atoms with Crippen LogP contribution in [0, 0.1) is 24.0 Å². The van der Waals surface area contributed by atoms with Gasteiger partial charge in [-0.3, -0.25) is 14.8 Å². The molecule has 2 aromatic heterocycles. The molecule has 0 atom stereocenters. The minimum atomic E-state index is -3.87. The summed E-state index contributed by atoms with van der Waals surface area (Å²) < 4.78 is 29.5. The SMILES string of the molecule is CCn1nc(C)c(S(=O)(=O)Nc2ncc(-c3ccc([N+](=O)[O-])cc3)[nH]2)c1C. The van der Waals surface area contributed by atoms with Crippen LogP contribution in [0.5, 0.6) is 0 Å². The predicted molar refractivity (Wildman–Crippen MR) is 98.9 cm³/mol. The summed E-state index contributed by atoms with van der Waals surface area (Å²) in [5.41, 5.74) is 2.09. The van der Waals surface area contributed by atoms with Crippen molar-refractivity contribution in [2.75, 3.05) is 4.72 Å². The van der Waals surface area contributed by atoms with Crippen LogP contribution in [-0.4, -0.2) is 33.1 Å². The van der Waals surface area contributed by atoms with Gasteiger partial charge in [-0.2, -0.15) is 5.10 Å². The molecule has 0 spiro atoms. The van der Waals surface area contributed by atoms with E-state index in [1.165, 1.54) is 18.3 Å². The number of nitro groups is 1. The van der Waals surface area contributed by atoms with E-state index < -0.39 is 14.9 Å². The van der Waals surface area contributed by atoms with Crippen molar-refractivity contribution in [1.29, 1.82) is 0 Å². The lowest BCUT2D eigenvalue weighted by Crippen LogP contribution is -2.16. The van der Waals surface area contributed by atoms with Crippen LogP contribution in [0.15, 0.2) is 35.4 Å². The largest absolute Gasteiger partial charge is 0.323 e. The average molecular weight is 390 g/mol. The molecule has 3 aromatic rings. The number of aromatic amines is 1. The Bertz CT molecular complexity index is 1100. The first kappa shape index (κ1) is 18.6. The van der Waals surface area contributed by atoms with Crippen molar-refractivity contribution in [2.45, 2.75) is 32.2 Å². The van der Waals surface area contributed by atoms with Gasteiger partial charge in [0.25, 0.3) is 15.7 Å². The third kappa shape index (κ3) is 3.53. The second-order valence-corrected chi connectivity index (χ2v) is 7.49. The number of nitrogens with zero attached hydrogens (tertiary/aromatic N) is 4. The number of anilines is 1. The standard InChI is InChI=1S/C16H18N6O4S/c1-4-21-11(3)15(10(2)19-21)27(25,26)20-16-17-9-14(18-16)12-5-7-13(8-6-12)22(23)24/h5-9H,4H2,1-3H3,(H2,17,18,20). The average Bonchev–Trinajstić information content (AvgIpc) is 3.18. The number of imidazole rings is 1. The maximum atomic E-state index is 12.7. The second kappa shape index (κ2) is 6.83. The third-order valence-electron chi connectivity index (χ3n) is 4.08. The number of rotatable bonds is 6. The fraction of sp³-hybridized carbons (Fsp3) is 0.250. The summed E-state index contributed by atoms with van der Waals surface area (Å²) in [6, 6.07) is 5.85. The molecule has 11 heteroatoms. The van der Waals surface area contributed by atoms with Crippen molar-refractivity contribution in [3.05, 3.63) is 52.0 Å². The van der Waals surface area contributed by atoms with Crippen LogP contribution >= 0.6 is 0 Å². The molecular formula is C16H18N6O4S. The number of nitro benzene ring substituents is 1. The maximum absolute atomic E-state index is 12.7. The molecule has 0 fully saturated rings. The van der Waals surface area contributed by atoms with Crippen molar-refractivity contribution < 1.29 is 13.3 Å². The van der Waals surface area contributed by atoms with Gasteiger partial charge in [-0.25, -0.2) is 18.1 Å². The molecule has 0 unspecified atom stereocenters. The lowest BCUT2D eigenvalue weighted by atomic mass is 10.1. The zero-order valence-electron chi connectivity index (χ0n) is 14.9. The van der Waals surface area contributed by atoms with Gasteiger partial charge in [-0.15, -0.1) is 0 Å². The highest BCUT2D eigenvalue weighted by molar-refractivity contribution is 7.92. The molecule has 0 radical (unpaired) electrons. The van der Waals surface area contributed by atoms with Crippen molar-refractivity contribution >= 4 is 21.7 Å². The number of nitrogens with one attached hydrogen (secondary N) is 2. The van der Waals surface area contributed by atoms with Gasteiger partial charge in [0.05, 0.1) is 28.2 Å². The number of benzene rings is 1. The zero-order valence-corrected chi connectivity index (χ0v) is 15.7. The van der Waals surface area contributed by atoms with Gasteiger partial charge in [0.1, 0.15) is 4.90 Å². The normalized spacial score (nSPS) is 11.5. The molecule has 0 saturated carbocycles. The van der Waals surface area contributed by atoms with Gasteiger partial charge in [-0.05, 0) is 32.9 Å². The highest BCUT2D eigenvalue weighted by atomic mass is 32.2. The number of aromatic nitrogens is 4. The van der Waals surface area contributed by atoms with Crippen LogP contribution in [0.4, 0.5) is 11.6 Å². The molecule has 0 amide bonds. The second-order valence-electron chi connectivity index (χ2n) is 5.87. The first-order chi connectivity index (χ1) is 12.7. The monoisotopic (exact) mass is 390 g/mol. The number of hydrogen-bond acceptors (Lipinski definition) is 6. The number of aryl methyl sites for hydroxylation is 2. The topological polar surface area (TPSA) is 136 Å². The summed E-state index contributed by atoms with van der Waals surface area (Å²) in [7, 11) is -3.87. The summed E-state index contributed by atoms with van der Waals surface area (Å²) in [4.78, 5) is 17.3. The van der Waals surface area contributed by atoms with E-state index in [1.807, 2.05) is 6.92 Å². The van der Waals surface area contributed by atoms with E-state index in [0.29, 0.717) is 29.2 Å². The van der Waals surface area contributed by atoms with Crippen LogP contribution in [-0.2, 0) is 16.6 Å². The molecule has 1 aromatic carbocycles. The summed E-state index contributed by atoms with van der Waals surface area (Å²) in [5.74, 6) is 0.0476. The predicted octanol–water partition coefficient (Wildman–Crippen LogP) is 2.62. The van der Waals surface area contributed by atoms with Gasteiger partial charge in [0.15, 0.2) is 0 Å². The van der Waals surface area contributed by atoms with Crippen LogP contribution in [0.2, 0.25) is 0 Å². The Morgan fingerprint density at radius 3 is 2.48 bits per heavy atom. The molecule has 0 saturated heterocycles. The molecular weight excluding hydrogens is 372 g/mol. The molecule has 3 rings (SSSR count). The van der Waals surface area contributed by atoms with Gasteiger partial charge in [0.2, 0.25) is 5.95 Å². The van der Waals surface area contributed by atoms with E-state index in [9.17, 15) is 18.5 Å². The Morgan fingerprint density at radius 2 is 1.93 bits per heavy atom. The molecule has 27 heavy (non-hydrogen) atoms. The first-order valence-corrected chi connectivity index (χ1v) is 9.58. The van der Waals surface area contributed by atoms with E-state index in [1.54, 1.807) is 30.7 Å². The third-order valence-corrected chi connectivity index (χ3v) is 5.67. The summed E-state index contributed by atoms with van der Waals surface area (Å²) in [6.07, 6.45) is 1.45. The van der Waals surface area contributed by atoms with Gasteiger partial charge >= 0.3 is 0 Å². The van der Waals surface area contributed by atoms with E-state index >= 15 is 0 Å². The van der Waals surface area contributed by atoms with Crippen LogP contribution in [0.3, 0.4) is 0 Å². The first-order valence-electron chi connectivity index (χ1n) is 8.09. The van der Waals surface area contributed by atoms with E-state index in [2.05, 4.69) is 19.8 Å². The molecule has 2 N–H and O–H groups in total. The minimum absolute atomic E-state index is 0.0296. The molecule has 10 nitrogen and oxygen atoms in total. The van der Waals surface area contributed by atoms with Gasteiger partial charge in [-0.1, -0.05) is 0 Å². The maximum Gasteiger partial charge on any atom is 0.269 e. The minimum Gasteiger partial charge on any atom is -0.323 e. The Morgan fingerprint density at radius 1 is 1.26 bits per heavy atom. The van der Waals surface area contributed by atoms with Crippen molar-refractivity contribution in [3.8, 4) is 11.3 Å². The van der Waals surface area contributed by atoms with Crippen LogP contribution in [0.1, 0.15) is 18.3 Å². The van der Waals surface area contributed by atoms with E-state index in [0.717, 1.165) is 0 Å². The summed E-state index contributed by atoms with van der Waals surface area (Å²) in [6.45, 7) is 5.78. The van der Waals surface area contributed by atoms with Crippen molar-refractivity contribution in [1.82, 2.24) is 19.7 Å². The molecule has 0 aliphatic carbocycles. The van der Waals surface area contributed by atoms with Crippen molar-refractivity contribution in [2.24, 2.45) is 0 Å². The van der Waals surface area contributed by atoms with E-state index in [-0.39, 0.29) is 16.5 Å². The Kier molecular flexibility index (Phi) is 4.70. The fourth-order valence-corrected chi connectivity index (χ4v) is 4.22. The highest BCUT2D eigenvalue weighted by Gasteiger charge is 2.25. The Hall–Kier alpha value is -3.21. The lowest BCUT2D eigenvalue weighted by molar-refractivity contribution is -0.384. The quantitative estimate of drug-likeness (QED) is 0.490. The number of non-ortho nitro benzene ring substituents is 1. The molecule has 142 valence electrons. The Balaban J connectivity index is 1.87. The number of sulfonamides is 1. The van der Waals surface area contributed by atoms with Gasteiger partial charge < -0.3 is 4.98 Å². The highest BCUT2D eigenvalue weighted by Crippen LogP contribution is 2.24. The van der Waals surface area contributed by atoms with Crippen LogP contribution < -0.4 is 4.72 Å². The molecule has 0 bridgehead atoms. The molecule has 2 heterocycles. The molecule has 0 aliphatic rings. The van der Waals surface area contributed by atoms with Crippen molar-refractivity contribution in [3.63, 3.8) is 0 Å². The van der Waals surface area contributed by atoms with Gasteiger partial charge in [0, 0.05) is 24.2 Å². The number of hydrogen-bond donors (Lipinski definition) is 2.